The van der Waals surface area contributed by atoms with E-state index in [0.29, 0.717) is 17.2 Å². The van der Waals surface area contributed by atoms with Gasteiger partial charge in [-0.1, -0.05) is 12.1 Å². The van der Waals surface area contributed by atoms with Crippen molar-refractivity contribution in [3.05, 3.63) is 65.4 Å². The third-order valence-electron chi connectivity index (χ3n) is 4.00. The van der Waals surface area contributed by atoms with E-state index in [0.717, 1.165) is 22.4 Å². The Bertz CT molecular complexity index is 845. The number of allylic oxidation sites excluding steroid dienone is 1. The van der Waals surface area contributed by atoms with E-state index in [1.165, 1.54) is 6.08 Å². The first-order valence-electron chi connectivity index (χ1n) is 8.68. The minimum Gasteiger partial charge on any atom is -0.496 e. The van der Waals surface area contributed by atoms with Crippen LogP contribution >= 0.6 is 0 Å². The van der Waals surface area contributed by atoms with Crippen molar-refractivity contribution < 1.29 is 14.3 Å². The zero-order valence-electron chi connectivity index (χ0n) is 16.4. The maximum atomic E-state index is 12.3. The molecule has 2 rings (SSSR count). The highest BCUT2D eigenvalue weighted by Crippen LogP contribution is 2.31. The zero-order chi connectivity index (χ0) is 19.8. The lowest BCUT2D eigenvalue weighted by Crippen LogP contribution is -2.08. The second kappa shape index (κ2) is 9.48. The topological polar surface area (TPSA) is 59.6 Å². The molecule has 0 saturated heterocycles. The number of hydrogen-bond acceptors (Lipinski definition) is 4. The molecule has 0 heterocycles. The van der Waals surface area contributed by atoms with E-state index in [4.69, 9.17) is 9.47 Å². The Labute approximate surface area is 160 Å². The molecule has 0 bridgehead atoms. The molecule has 2 aromatic rings. The normalized spacial score (nSPS) is 11.0. The lowest BCUT2D eigenvalue weighted by atomic mass is 10.1. The van der Waals surface area contributed by atoms with Gasteiger partial charge in [-0.2, -0.15) is 0 Å². The first-order valence-corrected chi connectivity index (χ1v) is 8.68. The van der Waals surface area contributed by atoms with Gasteiger partial charge in [-0.15, -0.1) is 0 Å². The Morgan fingerprint density at radius 3 is 2.30 bits per heavy atom. The number of carbonyl (C=O) groups is 1. The van der Waals surface area contributed by atoms with Crippen molar-refractivity contribution in [1.29, 1.82) is 0 Å². The van der Waals surface area contributed by atoms with Crippen LogP contribution in [0.5, 0.6) is 11.5 Å². The molecule has 0 spiro atoms. The van der Waals surface area contributed by atoms with E-state index in [2.05, 4.69) is 10.6 Å². The number of carbonyl (C=O) groups excluding carboxylic acids is 1. The predicted molar refractivity (Wildman–Crippen MR) is 112 cm³/mol. The van der Waals surface area contributed by atoms with Gasteiger partial charge in [0.2, 0.25) is 5.91 Å². The lowest BCUT2D eigenvalue weighted by molar-refractivity contribution is -0.111. The number of aryl methyl sites for hydroxylation is 2. The Hall–Kier alpha value is -3.21. The van der Waals surface area contributed by atoms with Gasteiger partial charge in [-0.05, 0) is 68.4 Å². The second-order valence-electron chi connectivity index (χ2n) is 6.08. The molecule has 2 N–H and O–H groups in total. The lowest BCUT2D eigenvalue weighted by Gasteiger charge is -2.12. The fourth-order valence-electron chi connectivity index (χ4n) is 2.61. The van der Waals surface area contributed by atoms with Crippen molar-refractivity contribution in [2.45, 2.75) is 20.8 Å². The fraction of sp³-hybridized carbons (Fsp3) is 0.227. The van der Waals surface area contributed by atoms with Crippen LogP contribution in [-0.4, -0.2) is 20.1 Å². The van der Waals surface area contributed by atoms with Gasteiger partial charge < -0.3 is 20.1 Å². The first kappa shape index (κ1) is 20.1. The Kier molecular flexibility index (Phi) is 7.06. The molecule has 0 fully saturated rings. The highest BCUT2D eigenvalue weighted by molar-refractivity contribution is 6.02. The summed E-state index contributed by atoms with van der Waals surface area (Å²) in [7, 11) is 3.19. The summed E-state index contributed by atoms with van der Waals surface area (Å²) in [5.74, 6) is 1.08. The number of amides is 1. The van der Waals surface area contributed by atoms with Gasteiger partial charge in [0.05, 0.1) is 19.8 Å². The van der Waals surface area contributed by atoms with Crippen LogP contribution in [0.4, 0.5) is 11.4 Å². The second-order valence-corrected chi connectivity index (χ2v) is 6.08. The third kappa shape index (κ3) is 5.38. The molecule has 5 heteroatoms. The minimum atomic E-state index is -0.236. The number of rotatable bonds is 7. The van der Waals surface area contributed by atoms with Crippen LogP contribution in [0.15, 0.2) is 48.7 Å². The van der Waals surface area contributed by atoms with Crippen molar-refractivity contribution in [2.75, 3.05) is 24.9 Å². The Balaban J connectivity index is 2.19. The molecule has 142 valence electrons. The van der Waals surface area contributed by atoms with Gasteiger partial charge in [0.25, 0.3) is 0 Å². The molecule has 0 radical (unpaired) electrons. The molecule has 0 aliphatic rings. The van der Waals surface area contributed by atoms with Crippen LogP contribution < -0.4 is 20.1 Å². The molecule has 0 saturated carbocycles. The van der Waals surface area contributed by atoms with Crippen LogP contribution in [0.2, 0.25) is 0 Å². The van der Waals surface area contributed by atoms with Crippen molar-refractivity contribution >= 4 is 23.4 Å². The molecule has 0 aliphatic carbocycles. The molecule has 0 unspecified atom stereocenters. The molecule has 27 heavy (non-hydrogen) atoms. The van der Waals surface area contributed by atoms with Crippen LogP contribution in [0.3, 0.4) is 0 Å². The van der Waals surface area contributed by atoms with Gasteiger partial charge >= 0.3 is 0 Å². The van der Waals surface area contributed by atoms with Gasteiger partial charge in [-0.25, -0.2) is 0 Å². The highest BCUT2D eigenvalue weighted by atomic mass is 16.5. The summed E-state index contributed by atoms with van der Waals surface area (Å²) in [4.78, 5) is 12.3. The summed E-state index contributed by atoms with van der Waals surface area (Å²) in [5.41, 5.74) is 4.49. The van der Waals surface area contributed by atoms with E-state index in [-0.39, 0.29) is 5.91 Å². The Morgan fingerprint density at radius 2 is 1.70 bits per heavy atom. The van der Waals surface area contributed by atoms with Crippen molar-refractivity contribution in [3.8, 4) is 11.5 Å². The summed E-state index contributed by atoms with van der Waals surface area (Å²) < 4.78 is 10.8. The quantitative estimate of drug-likeness (QED) is 0.683. The monoisotopic (exact) mass is 366 g/mol. The zero-order valence-corrected chi connectivity index (χ0v) is 16.4. The molecule has 0 aromatic heterocycles. The minimum absolute atomic E-state index is 0.236. The van der Waals surface area contributed by atoms with E-state index < -0.39 is 0 Å². The largest absolute Gasteiger partial charge is 0.496 e. The van der Waals surface area contributed by atoms with Crippen LogP contribution in [-0.2, 0) is 4.79 Å². The van der Waals surface area contributed by atoms with E-state index >= 15 is 0 Å². The fourth-order valence-corrected chi connectivity index (χ4v) is 2.61. The first-order chi connectivity index (χ1) is 13.0. The number of benzene rings is 2. The SMILES string of the molecule is C/C=C\Nc1cc(NC(=O)/C=C/c2c(OC)cc(C)cc2OC)ccc1C. The summed E-state index contributed by atoms with van der Waals surface area (Å²) in [5, 5.41) is 6.06. The van der Waals surface area contributed by atoms with Crippen molar-refractivity contribution in [3.63, 3.8) is 0 Å². The molecule has 0 atom stereocenters. The number of ether oxygens (including phenoxy) is 2. The molecule has 2 aromatic carbocycles. The van der Waals surface area contributed by atoms with E-state index in [1.807, 2.05) is 63.4 Å². The summed E-state index contributed by atoms with van der Waals surface area (Å²) >= 11 is 0. The molecule has 0 aliphatic heterocycles. The predicted octanol–water partition coefficient (Wildman–Crippen LogP) is 4.92. The van der Waals surface area contributed by atoms with E-state index in [1.54, 1.807) is 20.3 Å². The van der Waals surface area contributed by atoms with Gasteiger partial charge in [-0.3, -0.25) is 4.79 Å². The molecular formula is C22H26N2O3. The standard InChI is InChI=1S/C22H26N2O3/c1-6-11-23-19-14-17(8-7-16(19)3)24-22(25)10-9-18-20(26-4)12-15(2)13-21(18)27-5/h6-14,23H,1-5H3,(H,24,25)/b10-9+,11-6-. The van der Waals surface area contributed by atoms with Crippen LogP contribution in [0.1, 0.15) is 23.6 Å². The average Bonchev–Trinajstić information content (AvgIpc) is 2.66. The Morgan fingerprint density at radius 1 is 1.04 bits per heavy atom. The van der Waals surface area contributed by atoms with Crippen LogP contribution in [0.25, 0.3) is 6.08 Å². The third-order valence-corrected chi connectivity index (χ3v) is 4.00. The van der Waals surface area contributed by atoms with Crippen molar-refractivity contribution in [1.82, 2.24) is 0 Å². The van der Waals surface area contributed by atoms with Gasteiger partial charge in [0, 0.05) is 17.5 Å². The maximum absolute atomic E-state index is 12.3. The van der Waals surface area contributed by atoms with Gasteiger partial charge in [0.1, 0.15) is 11.5 Å². The molecule has 5 nitrogen and oxygen atoms in total. The summed E-state index contributed by atoms with van der Waals surface area (Å²) in [6.07, 6.45) is 6.92. The van der Waals surface area contributed by atoms with Gasteiger partial charge in [0.15, 0.2) is 0 Å². The average molecular weight is 366 g/mol. The highest BCUT2D eigenvalue weighted by Gasteiger charge is 2.09. The summed E-state index contributed by atoms with van der Waals surface area (Å²) in [6, 6.07) is 9.53. The summed E-state index contributed by atoms with van der Waals surface area (Å²) in [6.45, 7) is 5.90. The van der Waals surface area contributed by atoms with E-state index in [9.17, 15) is 4.79 Å². The molecule has 1 amide bonds. The smallest absolute Gasteiger partial charge is 0.248 e. The maximum Gasteiger partial charge on any atom is 0.248 e. The molecular weight excluding hydrogens is 340 g/mol. The number of hydrogen-bond donors (Lipinski definition) is 2. The van der Waals surface area contributed by atoms with Crippen LogP contribution in [0, 0.1) is 13.8 Å². The van der Waals surface area contributed by atoms with Crippen molar-refractivity contribution in [2.24, 2.45) is 0 Å². The number of methoxy groups -OCH3 is 2. The number of anilines is 2. The number of nitrogens with one attached hydrogen (secondary N) is 2.